The molecule has 2 aromatic carbocycles. The lowest BCUT2D eigenvalue weighted by Crippen LogP contribution is -2.54. The molecule has 1 aliphatic heterocycles. The summed E-state index contributed by atoms with van der Waals surface area (Å²) in [5.74, 6) is 0.265. The summed E-state index contributed by atoms with van der Waals surface area (Å²) >= 11 is 0. The molecule has 0 aliphatic carbocycles. The molecule has 0 aromatic heterocycles. The lowest BCUT2D eigenvalue weighted by Gasteiger charge is -2.29. The number of fused-ring (bicyclic) bond motifs is 1. The molecule has 0 spiro atoms. The molecule has 3 amide bonds. The summed E-state index contributed by atoms with van der Waals surface area (Å²) in [6.07, 6.45) is 7.59. The van der Waals surface area contributed by atoms with E-state index in [2.05, 4.69) is 54.1 Å². The minimum absolute atomic E-state index is 0.0580. The van der Waals surface area contributed by atoms with Crippen LogP contribution in [0.3, 0.4) is 0 Å². The second-order valence-electron chi connectivity index (χ2n) is 12.0. The summed E-state index contributed by atoms with van der Waals surface area (Å²) in [7, 11) is 0. The third kappa shape index (κ3) is 10.1. The topological polar surface area (TPSA) is 90.5 Å². The van der Waals surface area contributed by atoms with Crippen LogP contribution < -0.4 is 16.0 Å². The molecule has 41 heavy (non-hydrogen) atoms. The number of amides is 3. The van der Waals surface area contributed by atoms with Gasteiger partial charge >= 0.3 is 0 Å². The third-order valence-corrected chi connectivity index (χ3v) is 8.19. The van der Waals surface area contributed by atoms with Crippen molar-refractivity contribution in [1.82, 2.24) is 20.9 Å². The highest BCUT2D eigenvalue weighted by atomic mass is 16.2. The predicted octanol–water partition coefficient (Wildman–Crippen LogP) is 5.22. The average molecular weight is 565 g/mol. The maximum atomic E-state index is 13.5. The third-order valence-electron chi connectivity index (χ3n) is 8.19. The largest absolute Gasteiger partial charge is 0.354 e. The summed E-state index contributed by atoms with van der Waals surface area (Å²) in [6.45, 7) is 11.7. The Labute approximate surface area is 247 Å². The molecule has 2 aromatic rings. The van der Waals surface area contributed by atoms with Crippen LogP contribution >= 0.6 is 0 Å². The Morgan fingerprint density at radius 2 is 1.63 bits per heavy atom. The highest BCUT2D eigenvalue weighted by Crippen LogP contribution is 2.23. The number of benzene rings is 2. The molecule has 226 valence electrons. The second-order valence-corrected chi connectivity index (χ2v) is 12.0. The molecule has 0 radical (unpaired) electrons. The van der Waals surface area contributed by atoms with E-state index in [1.807, 2.05) is 32.0 Å². The van der Waals surface area contributed by atoms with Crippen LogP contribution in [-0.2, 0) is 20.8 Å². The van der Waals surface area contributed by atoms with Gasteiger partial charge in [0.25, 0.3) is 0 Å². The highest BCUT2D eigenvalue weighted by Gasteiger charge is 2.37. The van der Waals surface area contributed by atoms with Crippen LogP contribution in [0.5, 0.6) is 0 Å². The van der Waals surface area contributed by atoms with E-state index in [9.17, 15) is 14.4 Å². The van der Waals surface area contributed by atoms with Crippen LogP contribution in [0, 0.1) is 11.8 Å². The Bertz CT molecular complexity index is 1110. The van der Waals surface area contributed by atoms with Crippen molar-refractivity contribution in [1.29, 1.82) is 0 Å². The van der Waals surface area contributed by atoms with Crippen LogP contribution in [0.25, 0.3) is 10.8 Å². The Hall–Kier alpha value is -2.93. The molecule has 1 fully saturated rings. The van der Waals surface area contributed by atoms with Gasteiger partial charge in [-0.15, -0.1) is 0 Å². The molecule has 2 unspecified atom stereocenters. The number of carbonyl (C=O) groups is 3. The fourth-order valence-electron chi connectivity index (χ4n) is 5.71. The van der Waals surface area contributed by atoms with Crippen LogP contribution in [-0.4, -0.2) is 60.9 Å². The molecule has 3 rings (SSSR count). The predicted molar refractivity (Wildman–Crippen MR) is 168 cm³/mol. The molecule has 1 heterocycles. The molecule has 1 aliphatic rings. The molecule has 0 saturated carbocycles. The molecular weight excluding hydrogens is 512 g/mol. The number of hydrogen-bond donors (Lipinski definition) is 3. The van der Waals surface area contributed by atoms with E-state index in [4.69, 9.17) is 0 Å². The monoisotopic (exact) mass is 564 g/mol. The van der Waals surface area contributed by atoms with E-state index in [1.54, 1.807) is 4.90 Å². The first-order chi connectivity index (χ1) is 19.8. The number of nitrogens with one attached hydrogen (secondary N) is 3. The maximum absolute atomic E-state index is 13.5. The second kappa shape index (κ2) is 17.1. The Morgan fingerprint density at radius 1 is 0.927 bits per heavy atom. The van der Waals surface area contributed by atoms with Gasteiger partial charge in [0.05, 0.1) is 0 Å². The summed E-state index contributed by atoms with van der Waals surface area (Å²) in [5.41, 5.74) is 0.995. The van der Waals surface area contributed by atoms with Gasteiger partial charge in [0.2, 0.25) is 17.7 Å². The summed E-state index contributed by atoms with van der Waals surface area (Å²) in [4.78, 5) is 41.8. The number of likely N-dealkylation sites (tertiary alicyclic amines) is 1. The first-order valence-corrected chi connectivity index (χ1v) is 15.9. The van der Waals surface area contributed by atoms with Crippen molar-refractivity contribution < 1.29 is 14.4 Å². The van der Waals surface area contributed by atoms with Gasteiger partial charge in [-0.25, -0.2) is 0 Å². The van der Waals surface area contributed by atoms with E-state index in [1.165, 1.54) is 0 Å². The minimum atomic E-state index is -0.699. The van der Waals surface area contributed by atoms with Gasteiger partial charge in [0.15, 0.2) is 0 Å². The first-order valence-electron chi connectivity index (χ1n) is 15.9. The van der Waals surface area contributed by atoms with Crippen molar-refractivity contribution >= 4 is 28.5 Å². The van der Waals surface area contributed by atoms with Gasteiger partial charge < -0.3 is 20.9 Å². The lowest BCUT2D eigenvalue weighted by molar-refractivity contribution is -0.142. The summed E-state index contributed by atoms with van der Waals surface area (Å²) < 4.78 is 0. The lowest BCUT2D eigenvalue weighted by atomic mass is 10.00. The number of carbonyl (C=O) groups excluding carboxylic acids is 3. The number of unbranched alkanes of at least 4 members (excludes halogenated alkanes) is 3. The van der Waals surface area contributed by atoms with Crippen molar-refractivity contribution in [2.24, 2.45) is 11.8 Å². The van der Waals surface area contributed by atoms with Crippen molar-refractivity contribution in [3.8, 4) is 0 Å². The molecular formula is C34H52N4O3. The number of rotatable bonds is 17. The number of nitrogens with zero attached hydrogens (tertiary/aromatic N) is 1. The zero-order chi connectivity index (χ0) is 29.6. The smallest absolute Gasteiger partial charge is 0.243 e. The quantitative estimate of drug-likeness (QED) is 0.230. The van der Waals surface area contributed by atoms with Gasteiger partial charge in [-0.05, 0) is 73.9 Å². The Kier molecular flexibility index (Phi) is 13.6. The van der Waals surface area contributed by atoms with E-state index in [0.717, 1.165) is 74.4 Å². The van der Waals surface area contributed by atoms with E-state index in [-0.39, 0.29) is 23.6 Å². The molecule has 0 bridgehead atoms. The fraction of sp³-hybridized carbons (Fsp3) is 0.618. The van der Waals surface area contributed by atoms with Gasteiger partial charge in [-0.3, -0.25) is 14.4 Å². The van der Waals surface area contributed by atoms with E-state index in [0.29, 0.717) is 31.8 Å². The van der Waals surface area contributed by atoms with Gasteiger partial charge in [-0.1, -0.05) is 83.0 Å². The van der Waals surface area contributed by atoms with Gasteiger partial charge in [0.1, 0.15) is 12.1 Å². The molecule has 2 atom stereocenters. The van der Waals surface area contributed by atoms with E-state index < -0.39 is 12.1 Å². The van der Waals surface area contributed by atoms with Crippen LogP contribution in [0.15, 0.2) is 42.5 Å². The van der Waals surface area contributed by atoms with Crippen LogP contribution in [0.1, 0.15) is 84.6 Å². The Morgan fingerprint density at radius 3 is 2.34 bits per heavy atom. The van der Waals surface area contributed by atoms with Crippen LogP contribution in [0.4, 0.5) is 0 Å². The van der Waals surface area contributed by atoms with Crippen molar-refractivity contribution in [2.75, 3.05) is 26.2 Å². The Balaban J connectivity index is 1.61. The first kappa shape index (κ1) is 32.6. The van der Waals surface area contributed by atoms with Gasteiger partial charge in [-0.2, -0.15) is 0 Å². The van der Waals surface area contributed by atoms with Crippen LogP contribution in [0.2, 0.25) is 0 Å². The maximum Gasteiger partial charge on any atom is 0.243 e. The van der Waals surface area contributed by atoms with Crippen molar-refractivity contribution in [3.05, 3.63) is 48.0 Å². The fourth-order valence-corrected chi connectivity index (χ4v) is 5.71. The SMILES string of the molecule is CCC(CC)C(=O)N1CCCC1C(=O)NC(Cc1ccc2ccccc2c1)C(=O)NCCCCCCNCC(C)C. The number of hydrogen-bond acceptors (Lipinski definition) is 4. The standard InChI is InChI=1S/C34H52N4O3/c1-5-27(6-2)34(41)38-21-13-16-31(38)33(40)37-30(23-26-17-18-28-14-9-10-15-29(28)22-26)32(39)36-20-12-8-7-11-19-35-24-25(3)4/h9-10,14-15,17-18,22,25,27,30-31,35H,5-8,11-13,16,19-21,23-24H2,1-4H3,(H,36,39)(H,37,40). The highest BCUT2D eigenvalue weighted by molar-refractivity contribution is 5.93. The van der Waals surface area contributed by atoms with E-state index >= 15 is 0 Å². The molecule has 1 saturated heterocycles. The zero-order valence-corrected chi connectivity index (χ0v) is 25.7. The average Bonchev–Trinajstić information content (AvgIpc) is 3.46. The summed E-state index contributed by atoms with van der Waals surface area (Å²) in [6, 6.07) is 13.1. The molecule has 7 heteroatoms. The van der Waals surface area contributed by atoms with Gasteiger partial charge in [0, 0.05) is 25.4 Å². The molecule has 7 nitrogen and oxygen atoms in total. The minimum Gasteiger partial charge on any atom is -0.354 e. The van der Waals surface area contributed by atoms with Crippen molar-refractivity contribution in [2.45, 2.75) is 97.6 Å². The van der Waals surface area contributed by atoms with Crippen molar-refractivity contribution in [3.63, 3.8) is 0 Å². The molecule has 3 N–H and O–H groups in total. The normalized spacial score (nSPS) is 16.0. The zero-order valence-electron chi connectivity index (χ0n) is 25.7. The summed E-state index contributed by atoms with van der Waals surface area (Å²) in [5, 5.41) is 11.8.